The largest absolute Gasteiger partial charge is 0.497 e. The average molecular weight is 421 g/mol. The summed E-state index contributed by atoms with van der Waals surface area (Å²) < 4.78 is 18.2. The minimum Gasteiger partial charge on any atom is -0.497 e. The van der Waals surface area contributed by atoms with Crippen molar-refractivity contribution in [1.82, 2.24) is 14.8 Å². The fourth-order valence-corrected chi connectivity index (χ4v) is 3.20. The van der Waals surface area contributed by atoms with Gasteiger partial charge in [0.1, 0.15) is 18.0 Å². The summed E-state index contributed by atoms with van der Waals surface area (Å²) in [4.78, 5) is 12.7. The van der Waals surface area contributed by atoms with Crippen molar-refractivity contribution in [3.63, 3.8) is 0 Å². The summed E-state index contributed by atoms with van der Waals surface area (Å²) in [5, 5.41) is 14.2. The first-order valence-corrected chi connectivity index (χ1v) is 9.89. The van der Waals surface area contributed by atoms with E-state index in [1.54, 1.807) is 42.1 Å². The molecule has 9 nitrogen and oxygen atoms in total. The molecule has 0 saturated carbocycles. The van der Waals surface area contributed by atoms with E-state index in [2.05, 4.69) is 15.4 Å². The second kappa shape index (κ2) is 8.86. The highest BCUT2D eigenvalue weighted by Gasteiger charge is 2.49. The molecule has 0 amide bonds. The van der Waals surface area contributed by atoms with Gasteiger partial charge >= 0.3 is 11.7 Å². The first kappa shape index (κ1) is 20.4. The Kier molecular flexibility index (Phi) is 5.83. The third kappa shape index (κ3) is 4.50. The summed E-state index contributed by atoms with van der Waals surface area (Å²) >= 11 is 0. The molecule has 0 bridgehead atoms. The summed E-state index contributed by atoms with van der Waals surface area (Å²) in [6, 6.07) is 16.7. The molecular weight excluding hydrogens is 398 g/mol. The third-order valence-corrected chi connectivity index (χ3v) is 4.74. The SMILES string of the molecule is CCOC(=O)C1(Oc2ccc(-n3cccn3)cc2)CN(Cc2ccc(OC)cc2)N=N1. The van der Waals surface area contributed by atoms with Gasteiger partial charge in [-0.2, -0.15) is 5.10 Å². The molecule has 1 unspecified atom stereocenters. The highest BCUT2D eigenvalue weighted by atomic mass is 16.6. The first-order chi connectivity index (χ1) is 15.1. The molecule has 9 heteroatoms. The Morgan fingerprint density at radius 3 is 2.48 bits per heavy atom. The van der Waals surface area contributed by atoms with Crippen LogP contribution < -0.4 is 9.47 Å². The predicted octanol–water partition coefficient (Wildman–Crippen LogP) is 3.40. The number of esters is 1. The Morgan fingerprint density at radius 2 is 1.84 bits per heavy atom. The van der Waals surface area contributed by atoms with Gasteiger partial charge in [-0.3, -0.25) is 5.01 Å². The van der Waals surface area contributed by atoms with Gasteiger partial charge in [0.05, 0.1) is 25.9 Å². The molecule has 0 N–H and O–H groups in total. The molecule has 1 aliphatic heterocycles. The quantitative estimate of drug-likeness (QED) is 0.518. The molecule has 4 rings (SSSR count). The zero-order chi connectivity index (χ0) is 21.7. The van der Waals surface area contributed by atoms with Gasteiger partial charge in [-0.25, -0.2) is 9.48 Å². The topological polar surface area (TPSA) is 90.5 Å². The van der Waals surface area contributed by atoms with Crippen LogP contribution in [0.3, 0.4) is 0 Å². The number of methoxy groups -OCH3 is 1. The molecule has 2 heterocycles. The second-order valence-corrected chi connectivity index (χ2v) is 6.91. The fourth-order valence-electron chi connectivity index (χ4n) is 3.20. The van der Waals surface area contributed by atoms with Crippen LogP contribution in [0, 0.1) is 0 Å². The predicted molar refractivity (Wildman–Crippen MR) is 112 cm³/mol. The molecule has 3 aromatic rings. The van der Waals surface area contributed by atoms with Crippen molar-refractivity contribution in [2.24, 2.45) is 10.3 Å². The molecule has 160 valence electrons. The van der Waals surface area contributed by atoms with E-state index in [0.717, 1.165) is 17.0 Å². The average Bonchev–Trinajstić information content (AvgIpc) is 3.46. The van der Waals surface area contributed by atoms with Gasteiger partial charge in [-0.15, -0.1) is 5.11 Å². The van der Waals surface area contributed by atoms with Crippen LogP contribution in [-0.4, -0.2) is 46.7 Å². The molecule has 31 heavy (non-hydrogen) atoms. The zero-order valence-electron chi connectivity index (χ0n) is 17.3. The smallest absolute Gasteiger partial charge is 0.378 e. The van der Waals surface area contributed by atoms with Gasteiger partial charge in [0.15, 0.2) is 0 Å². The molecule has 0 spiro atoms. The van der Waals surface area contributed by atoms with E-state index in [9.17, 15) is 4.79 Å². The van der Waals surface area contributed by atoms with Crippen molar-refractivity contribution in [2.45, 2.75) is 19.2 Å². The molecule has 0 aliphatic carbocycles. The number of carbonyl (C=O) groups is 1. The number of benzene rings is 2. The molecule has 0 radical (unpaired) electrons. The lowest BCUT2D eigenvalue weighted by Gasteiger charge is -2.25. The third-order valence-electron chi connectivity index (χ3n) is 4.74. The molecule has 0 fully saturated rings. The van der Waals surface area contributed by atoms with E-state index in [1.165, 1.54) is 0 Å². The Bertz CT molecular complexity index is 1030. The molecule has 0 saturated heterocycles. The Labute approximate surface area is 179 Å². The number of carbonyl (C=O) groups excluding carboxylic acids is 1. The van der Waals surface area contributed by atoms with E-state index >= 15 is 0 Å². The minimum absolute atomic E-state index is 0.138. The van der Waals surface area contributed by atoms with Gasteiger partial charge in [-0.05, 0) is 55.0 Å². The van der Waals surface area contributed by atoms with Gasteiger partial charge in [0.25, 0.3) is 0 Å². The Hall–Kier alpha value is -3.88. The van der Waals surface area contributed by atoms with Crippen LogP contribution >= 0.6 is 0 Å². The van der Waals surface area contributed by atoms with Crippen molar-refractivity contribution in [3.8, 4) is 17.2 Å². The van der Waals surface area contributed by atoms with Gasteiger partial charge in [0.2, 0.25) is 0 Å². The fraction of sp³-hybridized carbons (Fsp3) is 0.273. The van der Waals surface area contributed by atoms with Crippen LogP contribution in [0.4, 0.5) is 0 Å². The maximum atomic E-state index is 12.7. The van der Waals surface area contributed by atoms with E-state index in [0.29, 0.717) is 12.3 Å². The molecule has 1 aromatic heterocycles. The number of hydrogen-bond acceptors (Lipinski definition) is 8. The van der Waals surface area contributed by atoms with Crippen molar-refractivity contribution in [1.29, 1.82) is 0 Å². The molecule has 1 atom stereocenters. The van der Waals surface area contributed by atoms with E-state index < -0.39 is 11.7 Å². The highest BCUT2D eigenvalue weighted by Crippen LogP contribution is 2.29. The summed E-state index contributed by atoms with van der Waals surface area (Å²) in [6.45, 7) is 2.57. The molecular formula is C22H23N5O4. The monoisotopic (exact) mass is 421 g/mol. The minimum atomic E-state index is -1.56. The maximum Gasteiger partial charge on any atom is 0.378 e. The lowest BCUT2D eigenvalue weighted by atomic mass is 10.2. The summed E-state index contributed by atoms with van der Waals surface area (Å²) in [5.74, 6) is 0.677. The number of rotatable bonds is 8. The number of aromatic nitrogens is 2. The summed E-state index contributed by atoms with van der Waals surface area (Å²) in [6.07, 6.45) is 3.55. The van der Waals surface area contributed by atoms with E-state index in [1.807, 2.05) is 48.7 Å². The molecule has 1 aliphatic rings. The zero-order valence-corrected chi connectivity index (χ0v) is 17.3. The van der Waals surface area contributed by atoms with Crippen LogP contribution in [0.5, 0.6) is 11.5 Å². The van der Waals surface area contributed by atoms with Crippen LogP contribution in [-0.2, 0) is 16.1 Å². The van der Waals surface area contributed by atoms with Crippen LogP contribution in [0.25, 0.3) is 5.69 Å². The highest BCUT2D eigenvalue weighted by molar-refractivity contribution is 5.80. The lowest BCUT2D eigenvalue weighted by Crippen LogP contribution is -2.48. The number of hydrogen-bond donors (Lipinski definition) is 0. The van der Waals surface area contributed by atoms with Crippen molar-refractivity contribution in [2.75, 3.05) is 20.3 Å². The first-order valence-electron chi connectivity index (χ1n) is 9.89. The maximum absolute atomic E-state index is 12.7. The molecule has 2 aromatic carbocycles. The number of ether oxygens (including phenoxy) is 3. The van der Waals surface area contributed by atoms with Crippen molar-refractivity contribution >= 4 is 5.97 Å². The van der Waals surface area contributed by atoms with Crippen molar-refractivity contribution < 1.29 is 19.0 Å². The van der Waals surface area contributed by atoms with Gasteiger partial charge < -0.3 is 14.2 Å². The number of nitrogens with zero attached hydrogens (tertiary/aromatic N) is 5. The van der Waals surface area contributed by atoms with Gasteiger partial charge in [-0.1, -0.05) is 17.4 Å². The Balaban J connectivity index is 1.49. The lowest BCUT2D eigenvalue weighted by molar-refractivity contribution is -0.161. The van der Waals surface area contributed by atoms with Crippen molar-refractivity contribution in [3.05, 3.63) is 72.6 Å². The van der Waals surface area contributed by atoms with E-state index in [4.69, 9.17) is 14.2 Å². The summed E-state index contributed by atoms with van der Waals surface area (Å²) in [5.41, 5.74) is 0.315. The Morgan fingerprint density at radius 1 is 1.10 bits per heavy atom. The normalized spacial score (nSPS) is 17.5. The second-order valence-electron chi connectivity index (χ2n) is 6.91. The van der Waals surface area contributed by atoms with Gasteiger partial charge in [0, 0.05) is 12.4 Å². The summed E-state index contributed by atoms with van der Waals surface area (Å²) in [7, 11) is 1.62. The van der Waals surface area contributed by atoms with E-state index in [-0.39, 0.29) is 13.2 Å². The van der Waals surface area contributed by atoms with Crippen LogP contribution in [0.2, 0.25) is 0 Å². The standard InChI is InChI=1S/C22H23N5O4/c1-3-30-21(28)22(31-20-11-7-18(8-12-20)27-14-4-13-23-27)16-26(25-24-22)15-17-5-9-19(29-2)10-6-17/h4-14H,3,15-16H2,1-2H3. The van der Waals surface area contributed by atoms with Crippen LogP contribution in [0.15, 0.2) is 77.3 Å². The van der Waals surface area contributed by atoms with Crippen LogP contribution in [0.1, 0.15) is 12.5 Å².